The molecule has 0 bridgehead atoms. The molecule has 1 amide bonds. The average Bonchev–Trinajstić information content (AvgIpc) is 3.05. The number of aryl methyl sites for hydroxylation is 1. The topological polar surface area (TPSA) is 45.3 Å². The maximum Gasteiger partial charge on any atom is 0.270 e. The summed E-state index contributed by atoms with van der Waals surface area (Å²) in [6.07, 6.45) is -0.0857. The number of aromatic nitrogens is 1. The molecule has 4 rings (SSSR count). The third kappa shape index (κ3) is 3.34. The highest BCUT2D eigenvalue weighted by molar-refractivity contribution is 9.10. The van der Waals surface area contributed by atoms with E-state index in [0.29, 0.717) is 25.4 Å². The first-order valence-electron chi connectivity index (χ1n) is 8.36. The molecule has 0 saturated carbocycles. The summed E-state index contributed by atoms with van der Waals surface area (Å²) in [4.78, 5) is 18.0. The maximum absolute atomic E-state index is 12.9. The van der Waals surface area contributed by atoms with E-state index >= 15 is 0 Å². The Bertz CT molecular complexity index is 917. The van der Waals surface area contributed by atoms with Gasteiger partial charge in [0.15, 0.2) is 0 Å². The second kappa shape index (κ2) is 6.65. The van der Waals surface area contributed by atoms with Crippen LogP contribution in [0.3, 0.4) is 0 Å². The van der Waals surface area contributed by atoms with Crippen LogP contribution in [0.4, 0.5) is 0 Å². The van der Waals surface area contributed by atoms with Crippen LogP contribution < -0.4 is 0 Å². The molecule has 1 aliphatic rings. The Morgan fingerprint density at radius 2 is 2.00 bits per heavy atom. The number of ether oxygens (including phenoxy) is 1. The van der Waals surface area contributed by atoms with Crippen LogP contribution in [-0.4, -0.2) is 35.5 Å². The fourth-order valence-corrected chi connectivity index (χ4v) is 3.50. The van der Waals surface area contributed by atoms with Crippen molar-refractivity contribution < 1.29 is 9.53 Å². The SMILES string of the molecule is Cc1ccc2cc(C(=O)N3CCOC(c4ccc(Br)cc4)C3)[nH]c2c1. The summed E-state index contributed by atoms with van der Waals surface area (Å²) in [5.41, 5.74) is 3.90. The third-order valence-corrected chi connectivity index (χ3v) is 5.13. The smallest absolute Gasteiger partial charge is 0.270 e. The molecule has 1 saturated heterocycles. The van der Waals surface area contributed by atoms with E-state index in [-0.39, 0.29) is 12.0 Å². The molecule has 2 aromatic carbocycles. The van der Waals surface area contributed by atoms with Crippen molar-refractivity contribution >= 4 is 32.7 Å². The number of amides is 1. The zero-order valence-corrected chi connectivity index (χ0v) is 15.5. The number of nitrogens with zero attached hydrogens (tertiary/aromatic N) is 1. The van der Waals surface area contributed by atoms with Crippen LogP contribution in [0.5, 0.6) is 0 Å². The number of morpholine rings is 1. The van der Waals surface area contributed by atoms with E-state index in [4.69, 9.17) is 4.74 Å². The third-order valence-electron chi connectivity index (χ3n) is 4.60. The fraction of sp³-hybridized carbons (Fsp3) is 0.250. The van der Waals surface area contributed by atoms with Crippen LogP contribution in [0.2, 0.25) is 0 Å². The van der Waals surface area contributed by atoms with Gasteiger partial charge in [0.2, 0.25) is 0 Å². The van der Waals surface area contributed by atoms with Gasteiger partial charge in [-0.15, -0.1) is 0 Å². The molecule has 1 fully saturated rings. The molecule has 1 N–H and O–H groups in total. The molecule has 2 heterocycles. The summed E-state index contributed by atoms with van der Waals surface area (Å²) >= 11 is 3.45. The quantitative estimate of drug-likeness (QED) is 0.692. The molecule has 0 spiro atoms. The van der Waals surface area contributed by atoms with Gasteiger partial charge in [0.05, 0.1) is 13.2 Å². The van der Waals surface area contributed by atoms with Gasteiger partial charge in [-0.3, -0.25) is 4.79 Å². The summed E-state index contributed by atoms with van der Waals surface area (Å²) in [6.45, 7) is 3.77. The van der Waals surface area contributed by atoms with Crippen LogP contribution >= 0.6 is 15.9 Å². The first-order chi connectivity index (χ1) is 12.1. The van der Waals surface area contributed by atoms with Crippen molar-refractivity contribution in [3.63, 3.8) is 0 Å². The van der Waals surface area contributed by atoms with Gasteiger partial charge >= 0.3 is 0 Å². The van der Waals surface area contributed by atoms with Gasteiger partial charge in [-0.1, -0.05) is 40.2 Å². The number of H-pyrrole nitrogens is 1. The predicted molar refractivity (Wildman–Crippen MR) is 102 cm³/mol. The van der Waals surface area contributed by atoms with Gasteiger partial charge in [-0.05, 0) is 42.3 Å². The van der Waals surface area contributed by atoms with E-state index in [1.807, 2.05) is 48.2 Å². The number of benzene rings is 2. The zero-order chi connectivity index (χ0) is 17.4. The van der Waals surface area contributed by atoms with Crippen molar-refractivity contribution in [2.75, 3.05) is 19.7 Å². The van der Waals surface area contributed by atoms with Gasteiger partial charge in [0.1, 0.15) is 11.8 Å². The molecule has 1 unspecified atom stereocenters. The largest absolute Gasteiger partial charge is 0.370 e. The highest BCUT2D eigenvalue weighted by atomic mass is 79.9. The molecule has 5 heteroatoms. The van der Waals surface area contributed by atoms with Crippen molar-refractivity contribution in [3.8, 4) is 0 Å². The second-order valence-corrected chi connectivity index (χ2v) is 7.35. The molecule has 1 aliphatic heterocycles. The van der Waals surface area contributed by atoms with Gasteiger partial charge < -0.3 is 14.6 Å². The van der Waals surface area contributed by atoms with Crippen LogP contribution in [0, 0.1) is 6.92 Å². The van der Waals surface area contributed by atoms with E-state index in [1.165, 1.54) is 5.56 Å². The minimum Gasteiger partial charge on any atom is -0.370 e. The summed E-state index contributed by atoms with van der Waals surface area (Å²) in [7, 11) is 0. The van der Waals surface area contributed by atoms with E-state index < -0.39 is 0 Å². The molecular weight excluding hydrogens is 380 g/mol. The number of hydrogen-bond donors (Lipinski definition) is 1. The Hall–Kier alpha value is -2.11. The van der Waals surface area contributed by atoms with Crippen molar-refractivity contribution in [3.05, 3.63) is 69.8 Å². The number of nitrogens with one attached hydrogen (secondary N) is 1. The van der Waals surface area contributed by atoms with E-state index in [9.17, 15) is 4.79 Å². The van der Waals surface area contributed by atoms with E-state index in [2.05, 4.69) is 33.0 Å². The monoisotopic (exact) mass is 398 g/mol. The van der Waals surface area contributed by atoms with Crippen LogP contribution in [-0.2, 0) is 4.74 Å². The second-order valence-electron chi connectivity index (χ2n) is 6.44. The Kier molecular flexibility index (Phi) is 4.36. The molecule has 3 aromatic rings. The van der Waals surface area contributed by atoms with Crippen LogP contribution in [0.25, 0.3) is 10.9 Å². The zero-order valence-electron chi connectivity index (χ0n) is 14.0. The number of carbonyl (C=O) groups is 1. The number of fused-ring (bicyclic) bond motifs is 1. The minimum absolute atomic E-state index is 0.0271. The summed E-state index contributed by atoms with van der Waals surface area (Å²) in [5, 5.41) is 1.06. The molecule has 0 radical (unpaired) electrons. The summed E-state index contributed by atoms with van der Waals surface area (Å²) in [6, 6.07) is 16.2. The first kappa shape index (κ1) is 16.4. The molecule has 1 aromatic heterocycles. The Labute approximate surface area is 154 Å². The van der Waals surface area contributed by atoms with E-state index in [0.717, 1.165) is 20.9 Å². The Morgan fingerprint density at radius 3 is 2.80 bits per heavy atom. The normalized spacial score (nSPS) is 17.8. The lowest BCUT2D eigenvalue weighted by molar-refractivity contribution is -0.0229. The molecule has 128 valence electrons. The van der Waals surface area contributed by atoms with Crippen molar-refractivity contribution in [1.82, 2.24) is 9.88 Å². The lowest BCUT2D eigenvalue weighted by atomic mass is 10.1. The van der Waals surface area contributed by atoms with Crippen LogP contribution in [0.1, 0.15) is 27.7 Å². The lowest BCUT2D eigenvalue weighted by Crippen LogP contribution is -2.42. The van der Waals surface area contributed by atoms with Crippen molar-refractivity contribution in [2.24, 2.45) is 0 Å². The van der Waals surface area contributed by atoms with Gasteiger partial charge in [0.25, 0.3) is 5.91 Å². The Balaban J connectivity index is 1.55. The van der Waals surface area contributed by atoms with Gasteiger partial charge in [0, 0.05) is 21.9 Å². The van der Waals surface area contributed by atoms with Crippen LogP contribution in [0.15, 0.2) is 53.0 Å². The van der Waals surface area contributed by atoms with Gasteiger partial charge in [-0.25, -0.2) is 0 Å². The van der Waals surface area contributed by atoms with Crippen molar-refractivity contribution in [2.45, 2.75) is 13.0 Å². The molecule has 1 atom stereocenters. The first-order valence-corrected chi connectivity index (χ1v) is 9.15. The molecule has 0 aliphatic carbocycles. The molecule has 4 nitrogen and oxygen atoms in total. The molecule has 25 heavy (non-hydrogen) atoms. The number of carbonyl (C=O) groups excluding carboxylic acids is 1. The number of hydrogen-bond acceptors (Lipinski definition) is 2. The predicted octanol–water partition coefficient (Wildman–Crippen LogP) is 4.45. The maximum atomic E-state index is 12.9. The average molecular weight is 399 g/mol. The number of aromatic amines is 1. The highest BCUT2D eigenvalue weighted by Crippen LogP contribution is 2.25. The fourth-order valence-electron chi connectivity index (χ4n) is 3.24. The summed E-state index contributed by atoms with van der Waals surface area (Å²) in [5.74, 6) is 0.0271. The number of halogens is 1. The molecular formula is C20H19BrN2O2. The lowest BCUT2D eigenvalue weighted by Gasteiger charge is -2.33. The number of rotatable bonds is 2. The van der Waals surface area contributed by atoms with E-state index in [1.54, 1.807) is 0 Å². The highest BCUT2D eigenvalue weighted by Gasteiger charge is 2.27. The summed E-state index contributed by atoms with van der Waals surface area (Å²) < 4.78 is 6.91. The minimum atomic E-state index is -0.0857. The van der Waals surface area contributed by atoms with Gasteiger partial charge in [-0.2, -0.15) is 0 Å². The Morgan fingerprint density at radius 1 is 1.20 bits per heavy atom. The van der Waals surface area contributed by atoms with Crippen molar-refractivity contribution in [1.29, 1.82) is 0 Å². The standard InChI is InChI=1S/C20H19BrN2O2/c1-13-2-3-15-11-18(22-17(15)10-13)20(24)23-8-9-25-19(12-23)14-4-6-16(21)7-5-14/h2-7,10-11,19,22H,8-9,12H2,1H3.